The van der Waals surface area contributed by atoms with Gasteiger partial charge in [0, 0.05) is 74.8 Å². The van der Waals surface area contributed by atoms with Gasteiger partial charge in [0.25, 0.3) is 0 Å². The first-order valence-corrected chi connectivity index (χ1v) is 0. The van der Waals surface area contributed by atoms with E-state index in [1.54, 1.807) is 0 Å². The molecule has 0 aromatic carbocycles. The molecule has 2 radical (unpaired) electrons. The fourth-order valence-electron chi connectivity index (χ4n) is 0. The molecule has 0 atom stereocenters. The second-order valence-corrected chi connectivity index (χ2v) is 0. The first-order valence-electron chi connectivity index (χ1n) is 0. The van der Waals surface area contributed by atoms with Gasteiger partial charge in [0.15, 0.2) is 0 Å². The van der Waals surface area contributed by atoms with Crippen LogP contribution in [-0.4, -0.2) is 0 Å². The van der Waals surface area contributed by atoms with E-state index in [9.17, 15) is 0 Å². The van der Waals surface area contributed by atoms with Crippen molar-refractivity contribution in [3.63, 3.8) is 0 Å². The Balaban J connectivity index is 0. The van der Waals surface area contributed by atoms with Crippen LogP contribution in [0.3, 0.4) is 0 Å². The van der Waals surface area contributed by atoms with Gasteiger partial charge in [-0.15, -0.1) is 0 Å². The van der Waals surface area contributed by atoms with Crippen molar-refractivity contribution in [3.05, 3.63) is 0 Å². The van der Waals surface area contributed by atoms with E-state index in [4.69, 9.17) is 0 Å². The van der Waals surface area contributed by atoms with Crippen molar-refractivity contribution in [3.8, 4) is 0 Å². The van der Waals surface area contributed by atoms with Gasteiger partial charge < -0.3 is 0 Å². The number of hydrogen-bond acceptors (Lipinski definition) is 0. The third-order valence-electron chi connectivity index (χ3n) is 0. The van der Waals surface area contributed by atoms with E-state index in [2.05, 4.69) is 0 Å². The summed E-state index contributed by atoms with van der Waals surface area (Å²) >= 11 is 0. The molecule has 0 bridgehead atoms. The second-order valence-electron chi connectivity index (χ2n) is 0. The zero-order valence-electron chi connectivity index (χ0n) is 1.62. The molecule has 0 aliphatic rings. The van der Waals surface area contributed by atoms with E-state index in [1.165, 1.54) is 0 Å². The summed E-state index contributed by atoms with van der Waals surface area (Å²) in [4.78, 5) is 0. The molecule has 0 aliphatic carbocycles. The van der Waals surface area contributed by atoms with Crippen LogP contribution >= 0.6 is 0 Å². The fraction of sp³-hybridized carbons (Fsp3) is 0. The first-order chi connectivity index (χ1) is 0. The quantitative estimate of drug-likeness (QED) is 0.534. The van der Waals surface area contributed by atoms with Gasteiger partial charge in [-0.05, 0) is 0 Å². The predicted octanol–water partition coefficient (Wildman–Crippen LogP) is -0.0100. The van der Waals surface area contributed by atoms with E-state index in [0.29, 0.717) is 0 Å². The summed E-state index contributed by atoms with van der Waals surface area (Å²) in [5.74, 6) is 0. The SMILES string of the molecule is [Cr].[Nb].[Ni].[V]. The van der Waals surface area contributed by atoms with Crippen molar-refractivity contribution in [1.29, 1.82) is 0 Å². The van der Waals surface area contributed by atoms with Crippen LogP contribution in [0.15, 0.2) is 0 Å². The minimum absolute atomic E-state index is 0. The molecule has 0 aliphatic heterocycles. The Morgan fingerprint density at radius 1 is 1.00 bits per heavy atom. The molecular formula is CrNbNiV. The van der Waals surface area contributed by atoms with Crippen LogP contribution in [0.4, 0.5) is 0 Å². The molecule has 0 fully saturated rings. The summed E-state index contributed by atoms with van der Waals surface area (Å²) in [7, 11) is 0. The van der Waals surface area contributed by atoms with Crippen LogP contribution in [0.5, 0.6) is 0 Å². The molecule has 0 spiro atoms. The summed E-state index contributed by atoms with van der Waals surface area (Å²) in [6.07, 6.45) is 0. The molecule has 0 N–H and O–H groups in total. The summed E-state index contributed by atoms with van der Waals surface area (Å²) in [6, 6.07) is 0. The minimum Gasteiger partial charge on any atom is 0 e. The van der Waals surface area contributed by atoms with Crippen LogP contribution in [0, 0.1) is 0 Å². The molecule has 0 aromatic heterocycles. The van der Waals surface area contributed by atoms with Crippen molar-refractivity contribution in [2.24, 2.45) is 0 Å². The number of rotatable bonds is 0. The van der Waals surface area contributed by atoms with Crippen LogP contribution in [0.2, 0.25) is 0 Å². The minimum atomic E-state index is 0. The van der Waals surface area contributed by atoms with Crippen LogP contribution in [-0.2, 0) is 74.8 Å². The summed E-state index contributed by atoms with van der Waals surface area (Å²) in [5.41, 5.74) is 0. The maximum Gasteiger partial charge on any atom is 0 e. The Morgan fingerprint density at radius 3 is 1.00 bits per heavy atom. The predicted molar refractivity (Wildman–Crippen MR) is 0 cm³/mol. The first kappa shape index (κ1) is 32.9. The summed E-state index contributed by atoms with van der Waals surface area (Å²) in [6.45, 7) is 0. The Morgan fingerprint density at radius 2 is 1.00 bits per heavy atom. The van der Waals surface area contributed by atoms with Crippen molar-refractivity contribution in [1.82, 2.24) is 0 Å². The van der Waals surface area contributed by atoms with Crippen molar-refractivity contribution in [2.45, 2.75) is 0 Å². The van der Waals surface area contributed by atoms with Crippen molar-refractivity contribution in [2.75, 3.05) is 0 Å². The molecule has 0 heterocycles. The van der Waals surface area contributed by atoms with Gasteiger partial charge in [-0.2, -0.15) is 0 Å². The van der Waals surface area contributed by atoms with Crippen molar-refractivity contribution < 1.29 is 74.8 Å². The Hall–Kier alpha value is 2.35. The zero-order valence-corrected chi connectivity index (χ0v) is 7.48. The largest absolute Gasteiger partial charge is 0 e. The molecule has 0 rings (SSSR count). The molecule has 0 saturated carbocycles. The van der Waals surface area contributed by atoms with Crippen molar-refractivity contribution >= 4 is 0 Å². The Bertz CT molecular complexity index is 8.00. The second kappa shape index (κ2) is 18.3. The van der Waals surface area contributed by atoms with Crippen LogP contribution < -0.4 is 0 Å². The summed E-state index contributed by atoms with van der Waals surface area (Å²) in [5, 5.41) is 0. The monoisotopic (exact) mass is 254 g/mol. The standard InChI is InChI=1S/Cr.Nb.Ni.V. The van der Waals surface area contributed by atoms with Gasteiger partial charge in [-0.3, -0.25) is 0 Å². The van der Waals surface area contributed by atoms with Gasteiger partial charge in [-0.1, -0.05) is 0 Å². The fourth-order valence-corrected chi connectivity index (χ4v) is 0. The third kappa shape index (κ3) is 8.84. The van der Waals surface area contributed by atoms with Gasteiger partial charge in [0.2, 0.25) is 0 Å². The van der Waals surface area contributed by atoms with E-state index in [-0.39, 0.29) is 74.8 Å². The van der Waals surface area contributed by atoms with Crippen LogP contribution in [0.25, 0.3) is 0 Å². The topological polar surface area (TPSA) is 0 Å². The zero-order chi connectivity index (χ0) is 0. The Labute approximate surface area is 73.9 Å². The maximum absolute atomic E-state index is 0. The van der Waals surface area contributed by atoms with E-state index in [1.807, 2.05) is 0 Å². The maximum atomic E-state index is 0. The molecule has 0 unspecified atom stereocenters. The number of hydrogen-bond donors (Lipinski definition) is 0. The molecular weight excluding hydrogens is 255 g/mol. The van der Waals surface area contributed by atoms with E-state index < -0.39 is 0 Å². The molecule has 0 amide bonds. The molecule has 0 saturated heterocycles. The average molecular weight is 255 g/mol. The van der Waals surface area contributed by atoms with Gasteiger partial charge >= 0.3 is 0 Å². The molecule has 4 heavy (non-hydrogen) atoms. The van der Waals surface area contributed by atoms with Gasteiger partial charge in [-0.25, -0.2) is 0 Å². The molecule has 0 nitrogen and oxygen atoms in total. The normalized spacial score (nSPS) is 0. The third-order valence-corrected chi connectivity index (χ3v) is 0. The van der Waals surface area contributed by atoms with Crippen LogP contribution in [0.1, 0.15) is 0 Å². The smallest absolute Gasteiger partial charge is 0 e. The molecule has 0 aromatic rings. The van der Waals surface area contributed by atoms with E-state index in [0.717, 1.165) is 0 Å². The molecule has 26 valence electrons. The van der Waals surface area contributed by atoms with E-state index >= 15 is 0 Å². The molecule has 4 heteroatoms. The average Bonchev–Trinajstić information content (AvgIpc) is 0. The van der Waals surface area contributed by atoms with Gasteiger partial charge in [0.1, 0.15) is 0 Å². The van der Waals surface area contributed by atoms with Gasteiger partial charge in [0.05, 0.1) is 0 Å². The Kier molecular flexibility index (Phi) is 151. The summed E-state index contributed by atoms with van der Waals surface area (Å²) < 4.78 is 0.